The van der Waals surface area contributed by atoms with Crippen molar-refractivity contribution in [2.45, 2.75) is 33.9 Å². The number of hydrogen-bond acceptors (Lipinski definition) is 5. The minimum atomic E-state index is 0.132. The SMILES string of the molecule is CC(C)(C)Cn1nnc2c(Br)c(OCc3ncccn3)ccc21. The fourth-order valence-corrected chi connectivity index (χ4v) is 2.74. The quantitative estimate of drug-likeness (QED) is 0.696. The maximum Gasteiger partial charge on any atom is 0.166 e. The van der Waals surface area contributed by atoms with Gasteiger partial charge in [-0.3, -0.25) is 0 Å². The highest BCUT2D eigenvalue weighted by molar-refractivity contribution is 9.10. The molecule has 0 fully saturated rings. The Bertz CT molecular complexity index is 810. The Balaban J connectivity index is 1.85. The van der Waals surface area contributed by atoms with Crippen molar-refractivity contribution in [1.29, 1.82) is 0 Å². The van der Waals surface area contributed by atoms with Gasteiger partial charge in [-0.05, 0) is 39.5 Å². The first kappa shape index (κ1) is 15.9. The Morgan fingerprint density at radius 2 is 1.91 bits per heavy atom. The maximum atomic E-state index is 5.79. The zero-order chi connectivity index (χ0) is 16.4. The van der Waals surface area contributed by atoms with Crippen molar-refractivity contribution in [2.75, 3.05) is 0 Å². The average molecular weight is 376 g/mol. The molecular weight excluding hydrogens is 358 g/mol. The standard InChI is InChI=1S/C16H18BrN5O/c1-16(2,3)10-22-11-5-6-12(14(17)15(11)20-21-22)23-9-13-18-7-4-8-19-13/h4-8H,9-10H2,1-3H3. The van der Waals surface area contributed by atoms with Gasteiger partial charge in [-0.2, -0.15) is 0 Å². The van der Waals surface area contributed by atoms with Crippen molar-refractivity contribution >= 4 is 27.0 Å². The second kappa shape index (κ2) is 6.23. The molecule has 0 amide bonds. The number of ether oxygens (including phenoxy) is 1. The normalized spacial score (nSPS) is 11.8. The van der Waals surface area contributed by atoms with Crippen molar-refractivity contribution in [1.82, 2.24) is 25.0 Å². The summed E-state index contributed by atoms with van der Waals surface area (Å²) >= 11 is 3.57. The highest BCUT2D eigenvalue weighted by Gasteiger charge is 2.17. The molecule has 0 atom stereocenters. The van der Waals surface area contributed by atoms with Crippen LogP contribution >= 0.6 is 15.9 Å². The molecule has 0 bridgehead atoms. The van der Waals surface area contributed by atoms with Crippen molar-refractivity contribution in [3.63, 3.8) is 0 Å². The van der Waals surface area contributed by atoms with Gasteiger partial charge in [-0.25, -0.2) is 14.6 Å². The van der Waals surface area contributed by atoms with Crippen LogP contribution in [0, 0.1) is 5.41 Å². The predicted octanol–water partition coefficient (Wildman–Crippen LogP) is 3.61. The van der Waals surface area contributed by atoms with E-state index < -0.39 is 0 Å². The van der Waals surface area contributed by atoms with Gasteiger partial charge >= 0.3 is 0 Å². The molecule has 120 valence electrons. The smallest absolute Gasteiger partial charge is 0.166 e. The molecule has 0 N–H and O–H groups in total. The molecule has 2 aromatic heterocycles. The lowest BCUT2D eigenvalue weighted by molar-refractivity contribution is 0.294. The molecule has 23 heavy (non-hydrogen) atoms. The summed E-state index contributed by atoms with van der Waals surface area (Å²) in [6, 6.07) is 5.67. The number of fused-ring (bicyclic) bond motifs is 1. The topological polar surface area (TPSA) is 65.7 Å². The van der Waals surface area contributed by atoms with E-state index in [0.717, 1.165) is 22.1 Å². The van der Waals surface area contributed by atoms with E-state index in [0.29, 0.717) is 18.2 Å². The Labute approximate surface area is 143 Å². The summed E-state index contributed by atoms with van der Waals surface area (Å²) < 4.78 is 8.51. The number of hydrogen-bond donors (Lipinski definition) is 0. The summed E-state index contributed by atoms with van der Waals surface area (Å²) in [6.07, 6.45) is 3.39. The van der Waals surface area contributed by atoms with Gasteiger partial charge in [-0.15, -0.1) is 5.10 Å². The van der Waals surface area contributed by atoms with Gasteiger partial charge in [0, 0.05) is 18.9 Å². The molecule has 6 nitrogen and oxygen atoms in total. The van der Waals surface area contributed by atoms with Gasteiger partial charge in [0.2, 0.25) is 0 Å². The van der Waals surface area contributed by atoms with Gasteiger partial charge in [0.1, 0.15) is 17.9 Å². The summed E-state index contributed by atoms with van der Waals surface area (Å²) in [5, 5.41) is 8.53. The van der Waals surface area contributed by atoms with Crippen LogP contribution < -0.4 is 4.74 Å². The number of benzene rings is 1. The highest BCUT2D eigenvalue weighted by Crippen LogP contribution is 2.33. The first-order valence-corrected chi connectivity index (χ1v) is 8.14. The fraction of sp³-hybridized carbons (Fsp3) is 0.375. The molecule has 0 aliphatic carbocycles. The second-order valence-corrected chi connectivity index (χ2v) is 7.30. The lowest BCUT2D eigenvalue weighted by Gasteiger charge is -2.18. The van der Waals surface area contributed by atoms with Crippen molar-refractivity contribution in [3.8, 4) is 5.75 Å². The van der Waals surface area contributed by atoms with E-state index >= 15 is 0 Å². The van der Waals surface area contributed by atoms with Crippen LogP contribution in [0.25, 0.3) is 11.0 Å². The van der Waals surface area contributed by atoms with E-state index in [1.54, 1.807) is 18.5 Å². The number of nitrogens with zero attached hydrogens (tertiary/aromatic N) is 5. The summed E-state index contributed by atoms with van der Waals surface area (Å²) in [5.74, 6) is 1.34. The summed E-state index contributed by atoms with van der Waals surface area (Å²) in [6.45, 7) is 7.63. The predicted molar refractivity (Wildman–Crippen MR) is 91.0 cm³/mol. The Morgan fingerprint density at radius 3 is 2.61 bits per heavy atom. The van der Waals surface area contributed by atoms with Gasteiger partial charge < -0.3 is 4.74 Å². The zero-order valence-electron chi connectivity index (χ0n) is 13.3. The molecule has 3 rings (SSSR count). The number of aromatic nitrogens is 5. The molecule has 0 unspecified atom stereocenters. The van der Waals surface area contributed by atoms with E-state index in [1.165, 1.54) is 0 Å². The zero-order valence-corrected chi connectivity index (χ0v) is 14.9. The van der Waals surface area contributed by atoms with Crippen LogP contribution in [0.4, 0.5) is 0 Å². The summed E-state index contributed by atoms with van der Waals surface area (Å²) in [4.78, 5) is 8.29. The first-order valence-electron chi connectivity index (χ1n) is 7.34. The molecule has 3 aromatic rings. The fourth-order valence-electron chi connectivity index (χ4n) is 2.21. The van der Waals surface area contributed by atoms with Crippen LogP contribution in [0.5, 0.6) is 5.75 Å². The maximum absolute atomic E-state index is 5.79. The first-order chi connectivity index (χ1) is 10.9. The molecule has 0 saturated heterocycles. The van der Waals surface area contributed by atoms with E-state index in [4.69, 9.17) is 4.74 Å². The Kier molecular flexibility index (Phi) is 4.30. The van der Waals surface area contributed by atoms with Crippen LogP contribution in [0.2, 0.25) is 0 Å². The number of halogens is 1. The van der Waals surface area contributed by atoms with E-state index in [2.05, 4.69) is 57.0 Å². The van der Waals surface area contributed by atoms with Crippen LogP contribution in [-0.4, -0.2) is 25.0 Å². The van der Waals surface area contributed by atoms with Crippen molar-refractivity contribution in [2.24, 2.45) is 5.41 Å². The van der Waals surface area contributed by atoms with Gasteiger partial charge in [0.25, 0.3) is 0 Å². The van der Waals surface area contributed by atoms with E-state index in [9.17, 15) is 0 Å². The third-order valence-corrected chi connectivity index (χ3v) is 3.96. The van der Waals surface area contributed by atoms with Crippen LogP contribution in [-0.2, 0) is 13.2 Å². The van der Waals surface area contributed by atoms with Gasteiger partial charge in [0.05, 0.1) is 9.99 Å². The highest BCUT2D eigenvalue weighted by atomic mass is 79.9. The van der Waals surface area contributed by atoms with E-state index in [1.807, 2.05) is 16.8 Å². The van der Waals surface area contributed by atoms with Crippen molar-refractivity contribution in [3.05, 3.63) is 40.9 Å². The molecule has 0 radical (unpaired) electrons. The molecular formula is C16H18BrN5O. The van der Waals surface area contributed by atoms with Gasteiger partial charge in [-0.1, -0.05) is 26.0 Å². The van der Waals surface area contributed by atoms with Crippen LogP contribution in [0.3, 0.4) is 0 Å². The minimum absolute atomic E-state index is 0.132. The van der Waals surface area contributed by atoms with Crippen molar-refractivity contribution < 1.29 is 4.74 Å². The van der Waals surface area contributed by atoms with Crippen LogP contribution in [0.15, 0.2) is 35.1 Å². The Hall–Kier alpha value is -2.02. The summed E-state index contributed by atoms with van der Waals surface area (Å²) in [7, 11) is 0. The average Bonchev–Trinajstić information content (AvgIpc) is 2.89. The second-order valence-electron chi connectivity index (χ2n) is 6.51. The van der Waals surface area contributed by atoms with E-state index in [-0.39, 0.29) is 5.41 Å². The monoisotopic (exact) mass is 375 g/mol. The third kappa shape index (κ3) is 3.67. The molecule has 7 heteroatoms. The van der Waals surface area contributed by atoms with Crippen LogP contribution in [0.1, 0.15) is 26.6 Å². The molecule has 0 saturated carbocycles. The number of rotatable bonds is 4. The minimum Gasteiger partial charge on any atom is -0.484 e. The lowest BCUT2D eigenvalue weighted by atomic mass is 9.97. The molecule has 0 aliphatic rings. The molecule has 2 heterocycles. The van der Waals surface area contributed by atoms with Gasteiger partial charge in [0.15, 0.2) is 5.82 Å². The molecule has 0 spiro atoms. The Morgan fingerprint density at radius 1 is 1.17 bits per heavy atom. The largest absolute Gasteiger partial charge is 0.484 e. The lowest BCUT2D eigenvalue weighted by Crippen LogP contribution is -2.16. The third-order valence-electron chi connectivity index (χ3n) is 3.19. The summed E-state index contributed by atoms with van der Waals surface area (Å²) in [5.41, 5.74) is 1.91. The molecule has 0 aliphatic heterocycles. The molecule has 1 aromatic carbocycles.